The van der Waals surface area contributed by atoms with E-state index in [1.807, 2.05) is 0 Å². The number of aromatic hydroxyl groups is 1. The smallest absolute Gasteiger partial charge is 0.306 e. The van der Waals surface area contributed by atoms with Crippen LogP contribution < -0.4 is 0 Å². The van der Waals surface area contributed by atoms with Crippen molar-refractivity contribution in [1.82, 2.24) is 14.8 Å². The third-order valence-electron chi connectivity index (χ3n) is 3.55. The van der Waals surface area contributed by atoms with E-state index in [0.717, 1.165) is 0 Å². The predicted molar refractivity (Wildman–Crippen MR) is 74.9 cm³/mol. The summed E-state index contributed by atoms with van der Waals surface area (Å²) in [6, 6.07) is 1.52. The number of amides is 1. The average molecular weight is 293 g/mol. The van der Waals surface area contributed by atoms with Gasteiger partial charge in [0.2, 0.25) is 0 Å². The summed E-state index contributed by atoms with van der Waals surface area (Å²) in [5.74, 6) is -0.520. The SMILES string of the molecule is COC(=O)CCN1CCN(C(=O)c2ccncc2O)CC1. The second-order valence-electron chi connectivity index (χ2n) is 4.85. The summed E-state index contributed by atoms with van der Waals surface area (Å²) >= 11 is 0. The Balaban J connectivity index is 1.85. The van der Waals surface area contributed by atoms with Crippen molar-refractivity contribution in [3.8, 4) is 5.75 Å². The van der Waals surface area contributed by atoms with Crippen LogP contribution in [0.2, 0.25) is 0 Å². The lowest BCUT2D eigenvalue weighted by molar-refractivity contribution is -0.141. The molecule has 21 heavy (non-hydrogen) atoms. The van der Waals surface area contributed by atoms with Crippen molar-refractivity contribution in [2.75, 3.05) is 39.8 Å². The maximum absolute atomic E-state index is 12.3. The van der Waals surface area contributed by atoms with E-state index in [2.05, 4.69) is 14.6 Å². The van der Waals surface area contributed by atoms with Crippen molar-refractivity contribution in [2.45, 2.75) is 6.42 Å². The van der Waals surface area contributed by atoms with Crippen LogP contribution in [0.5, 0.6) is 5.75 Å². The van der Waals surface area contributed by atoms with Crippen LogP contribution in [-0.4, -0.2) is 71.6 Å². The maximum Gasteiger partial charge on any atom is 0.306 e. The Bertz CT molecular complexity index is 513. The summed E-state index contributed by atoms with van der Waals surface area (Å²) in [7, 11) is 1.38. The van der Waals surface area contributed by atoms with E-state index >= 15 is 0 Å². The highest BCUT2D eigenvalue weighted by atomic mass is 16.5. The molecule has 1 N–H and O–H groups in total. The van der Waals surface area contributed by atoms with Gasteiger partial charge in [-0.2, -0.15) is 0 Å². The minimum Gasteiger partial charge on any atom is -0.505 e. The van der Waals surface area contributed by atoms with Crippen LogP contribution in [0, 0.1) is 0 Å². The first-order valence-electron chi connectivity index (χ1n) is 6.83. The third-order valence-corrected chi connectivity index (χ3v) is 3.55. The number of pyridine rings is 1. The van der Waals surface area contributed by atoms with Gasteiger partial charge in [-0.25, -0.2) is 0 Å². The molecule has 0 spiro atoms. The molecular weight excluding hydrogens is 274 g/mol. The molecule has 1 amide bonds. The molecular formula is C14H19N3O4. The van der Waals surface area contributed by atoms with Gasteiger partial charge in [0.15, 0.2) is 0 Å². The fourth-order valence-corrected chi connectivity index (χ4v) is 2.26. The number of nitrogens with zero attached hydrogens (tertiary/aromatic N) is 3. The number of piperazine rings is 1. The first-order valence-corrected chi connectivity index (χ1v) is 6.83. The first kappa shape index (κ1) is 15.2. The summed E-state index contributed by atoms with van der Waals surface area (Å²) in [6.07, 6.45) is 3.11. The number of aromatic nitrogens is 1. The third kappa shape index (κ3) is 3.91. The predicted octanol–water partition coefficient (Wildman–Crippen LogP) is 0.108. The summed E-state index contributed by atoms with van der Waals surface area (Å²) in [4.78, 5) is 31.0. The van der Waals surface area contributed by atoms with Crippen molar-refractivity contribution >= 4 is 11.9 Å². The van der Waals surface area contributed by atoms with E-state index in [1.165, 1.54) is 25.6 Å². The van der Waals surface area contributed by atoms with Crippen LogP contribution in [0.3, 0.4) is 0 Å². The lowest BCUT2D eigenvalue weighted by atomic mass is 10.2. The van der Waals surface area contributed by atoms with Gasteiger partial charge in [-0.15, -0.1) is 0 Å². The van der Waals surface area contributed by atoms with E-state index in [9.17, 15) is 14.7 Å². The second-order valence-corrected chi connectivity index (χ2v) is 4.85. The lowest BCUT2D eigenvalue weighted by Crippen LogP contribution is -2.49. The van der Waals surface area contributed by atoms with Crippen molar-refractivity contribution in [3.05, 3.63) is 24.0 Å². The van der Waals surface area contributed by atoms with Crippen LogP contribution >= 0.6 is 0 Å². The molecule has 1 saturated heterocycles. The monoisotopic (exact) mass is 293 g/mol. The van der Waals surface area contributed by atoms with E-state index < -0.39 is 0 Å². The van der Waals surface area contributed by atoms with Crippen LogP contribution in [0.25, 0.3) is 0 Å². The quantitative estimate of drug-likeness (QED) is 0.793. The minimum absolute atomic E-state index is 0.101. The Hall–Kier alpha value is -2.15. The number of carbonyl (C=O) groups is 2. The lowest BCUT2D eigenvalue weighted by Gasteiger charge is -2.34. The summed E-state index contributed by atoms with van der Waals surface area (Å²) < 4.78 is 4.61. The fraction of sp³-hybridized carbons (Fsp3) is 0.500. The Labute approximate surface area is 123 Å². The molecule has 114 valence electrons. The molecule has 1 aromatic heterocycles. The van der Waals surface area contributed by atoms with Crippen LogP contribution in [-0.2, 0) is 9.53 Å². The van der Waals surface area contributed by atoms with Crippen LogP contribution in [0.4, 0.5) is 0 Å². The van der Waals surface area contributed by atoms with E-state index in [1.54, 1.807) is 4.90 Å². The molecule has 0 aliphatic carbocycles. The highest BCUT2D eigenvalue weighted by Crippen LogP contribution is 2.17. The molecule has 0 unspecified atom stereocenters. The molecule has 7 nitrogen and oxygen atoms in total. The molecule has 0 saturated carbocycles. The van der Waals surface area contributed by atoms with Gasteiger partial charge in [-0.1, -0.05) is 0 Å². The maximum atomic E-state index is 12.3. The Morgan fingerprint density at radius 1 is 1.33 bits per heavy atom. The minimum atomic E-state index is -0.227. The largest absolute Gasteiger partial charge is 0.505 e. The molecule has 1 aromatic rings. The van der Waals surface area contributed by atoms with Crippen molar-refractivity contribution < 1.29 is 19.4 Å². The number of esters is 1. The Morgan fingerprint density at radius 2 is 2.05 bits per heavy atom. The molecule has 1 aliphatic heterocycles. The highest BCUT2D eigenvalue weighted by Gasteiger charge is 2.24. The molecule has 1 aliphatic rings. The second kappa shape index (κ2) is 7.03. The molecule has 0 atom stereocenters. The molecule has 0 aromatic carbocycles. The summed E-state index contributed by atoms with van der Waals surface area (Å²) in [5, 5.41) is 9.66. The number of ether oxygens (including phenoxy) is 1. The van der Waals surface area contributed by atoms with Gasteiger partial charge in [0.1, 0.15) is 5.75 Å². The normalized spacial score (nSPS) is 15.8. The highest BCUT2D eigenvalue weighted by molar-refractivity contribution is 5.96. The number of rotatable bonds is 4. The van der Waals surface area contributed by atoms with E-state index in [-0.39, 0.29) is 23.2 Å². The van der Waals surface area contributed by atoms with Gasteiger partial charge in [0, 0.05) is 38.9 Å². The first-order chi connectivity index (χ1) is 10.1. The number of hydrogen-bond donors (Lipinski definition) is 1. The van der Waals surface area contributed by atoms with E-state index in [4.69, 9.17) is 0 Å². The number of methoxy groups -OCH3 is 1. The Morgan fingerprint density at radius 3 is 2.67 bits per heavy atom. The average Bonchev–Trinajstić information content (AvgIpc) is 2.53. The zero-order valence-electron chi connectivity index (χ0n) is 12.0. The van der Waals surface area contributed by atoms with Gasteiger partial charge in [-0.05, 0) is 6.07 Å². The van der Waals surface area contributed by atoms with Crippen molar-refractivity contribution in [2.24, 2.45) is 0 Å². The van der Waals surface area contributed by atoms with Crippen LogP contribution in [0.15, 0.2) is 18.5 Å². The Kier molecular flexibility index (Phi) is 5.10. The van der Waals surface area contributed by atoms with Gasteiger partial charge < -0.3 is 14.7 Å². The van der Waals surface area contributed by atoms with Gasteiger partial charge in [0.25, 0.3) is 5.91 Å². The molecule has 1 fully saturated rings. The molecule has 0 bridgehead atoms. The summed E-state index contributed by atoms with van der Waals surface area (Å²) in [5.41, 5.74) is 0.271. The summed E-state index contributed by atoms with van der Waals surface area (Å²) in [6.45, 7) is 3.18. The van der Waals surface area contributed by atoms with Gasteiger partial charge in [0.05, 0.1) is 25.3 Å². The van der Waals surface area contributed by atoms with Crippen molar-refractivity contribution in [1.29, 1.82) is 0 Å². The van der Waals surface area contributed by atoms with Crippen LogP contribution in [0.1, 0.15) is 16.8 Å². The molecule has 7 heteroatoms. The fourth-order valence-electron chi connectivity index (χ4n) is 2.26. The van der Waals surface area contributed by atoms with Gasteiger partial charge >= 0.3 is 5.97 Å². The molecule has 2 rings (SSSR count). The topological polar surface area (TPSA) is 83.0 Å². The zero-order chi connectivity index (χ0) is 15.2. The van der Waals surface area contributed by atoms with Gasteiger partial charge in [-0.3, -0.25) is 19.5 Å². The molecule has 0 radical (unpaired) electrons. The number of hydrogen-bond acceptors (Lipinski definition) is 6. The molecule has 2 heterocycles. The number of carbonyl (C=O) groups excluding carboxylic acids is 2. The van der Waals surface area contributed by atoms with Crippen molar-refractivity contribution in [3.63, 3.8) is 0 Å². The van der Waals surface area contributed by atoms with E-state index in [0.29, 0.717) is 39.1 Å². The zero-order valence-corrected chi connectivity index (χ0v) is 12.0. The standard InChI is InChI=1S/C14H19N3O4/c1-21-13(19)3-5-16-6-8-17(9-7-16)14(20)11-2-4-15-10-12(11)18/h2,4,10,18H,3,5-9H2,1H3.